The first-order valence-electron chi connectivity index (χ1n) is 17.0. The second kappa shape index (κ2) is 17.5. The van der Waals surface area contributed by atoms with Crippen molar-refractivity contribution in [2.24, 2.45) is 0 Å². The highest BCUT2D eigenvalue weighted by atomic mass is 16.5. The van der Waals surface area contributed by atoms with Gasteiger partial charge in [0.05, 0.1) is 0 Å². The Kier molecular flexibility index (Phi) is 12.9. The zero-order valence-electron chi connectivity index (χ0n) is 29.9. The molecule has 0 bridgehead atoms. The van der Waals surface area contributed by atoms with Gasteiger partial charge in [0.1, 0.15) is 28.8 Å². The van der Waals surface area contributed by atoms with Gasteiger partial charge >= 0.3 is 0 Å². The van der Waals surface area contributed by atoms with E-state index in [0.29, 0.717) is 5.82 Å². The molecule has 0 radical (unpaired) electrons. The number of rotatable bonds is 10. The summed E-state index contributed by atoms with van der Waals surface area (Å²) < 4.78 is 12.2. The normalized spacial score (nSPS) is 10.4. The third-order valence-corrected chi connectivity index (χ3v) is 7.78. The summed E-state index contributed by atoms with van der Waals surface area (Å²) in [7, 11) is 1.90. The number of anilines is 3. The van der Waals surface area contributed by atoms with Crippen LogP contribution < -0.4 is 20.1 Å². The Balaban J connectivity index is 0.00000145. The number of aryl methyl sites for hydroxylation is 1. The lowest BCUT2D eigenvalue weighted by atomic mass is 9.78. The standard InChI is InChI=1S/C39H36N4O2.2C2H6.2H2/c1-27-26-37(43-38(41-27)28-8-6-5-7-9-28)42-32-16-24-36(25-17-32)45-34-20-12-30(13-21-34)39(2,3)29-10-18-33(19-11-29)44-35-22-14-31(40-4)15-23-35;2*1-2;;/h5-26,40H,1-4H3,(H,41,42,43);2*1-2H3;2*1H. The first-order chi connectivity index (χ1) is 23.9. The highest BCUT2D eigenvalue weighted by Gasteiger charge is 2.23. The molecule has 5 aromatic carbocycles. The van der Waals surface area contributed by atoms with E-state index in [9.17, 15) is 0 Å². The molecular formula is C43H52N4O2. The molecule has 6 heteroatoms. The molecule has 256 valence electrons. The number of nitrogens with zero attached hydrogens (tertiary/aromatic N) is 2. The molecule has 2 N–H and O–H groups in total. The van der Waals surface area contributed by atoms with Crippen molar-refractivity contribution in [1.29, 1.82) is 0 Å². The summed E-state index contributed by atoms with van der Waals surface area (Å²) in [6.45, 7) is 14.4. The summed E-state index contributed by atoms with van der Waals surface area (Å²) in [4.78, 5) is 9.29. The maximum absolute atomic E-state index is 6.17. The SMILES string of the molecule is CC.CC.CNc1ccc(Oc2ccc(C(C)(C)c3ccc(Oc4ccc(Nc5cc(C)nc(-c6ccccc6)n5)cc4)cc3)cc2)cc1.[HH].[HH]. The molecule has 6 nitrogen and oxygen atoms in total. The van der Waals surface area contributed by atoms with Gasteiger partial charge in [-0.05, 0) is 90.8 Å². The van der Waals surface area contributed by atoms with Gasteiger partial charge in [0.25, 0.3) is 0 Å². The van der Waals surface area contributed by atoms with E-state index in [1.165, 1.54) is 11.1 Å². The second-order valence-corrected chi connectivity index (χ2v) is 11.4. The van der Waals surface area contributed by atoms with Crippen molar-refractivity contribution in [2.75, 3.05) is 17.7 Å². The molecule has 0 fully saturated rings. The van der Waals surface area contributed by atoms with E-state index in [1.807, 2.05) is 151 Å². The lowest BCUT2D eigenvalue weighted by Crippen LogP contribution is -2.18. The van der Waals surface area contributed by atoms with Gasteiger partial charge < -0.3 is 20.1 Å². The van der Waals surface area contributed by atoms with Crippen LogP contribution in [0.2, 0.25) is 0 Å². The van der Waals surface area contributed by atoms with E-state index in [-0.39, 0.29) is 8.27 Å². The minimum Gasteiger partial charge on any atom is -0.457 e. The molecule has 6 rings (SSSR count). The molecule has 1 heterocycles. The van der Waals surface area contributed by atoms with Crippen molar-refractivity contribution in [1.82, 2.24) is 9.97 Å². The summed E-state index contributed by atoms with van der Waals surface area (Å²) in [5.41, 5.74) is 6.05. The Morgan fingerprint density at radius 2 is 0.980 bits per heavy atom. The maximum Gasteiger partial charge on any atom is 0.161 e. The molecule has 0 spiro atoms. The zero-order valence-corrected chi connectivity index (χ0v) is 29.9. The Bertz CT molecular complexity index is 1860. The van der Waals surface area contributed by atoms with Crippen molar-refractivity contribution >= 4 is 17.2 Å². The monoisotopic (exact) mass is 656 g/mol. The third kappa shape index (κ3) is 9.71. The van der Waals surface area contributed by atoms with Crippen LogP contribution in [0.1, 0.15) is 61.2 Å². The van der Waals surface area contributed by atoms with E-state index in [0.717, 1.165) is 51.4 Å². The number of nitrogens with one attached hydrogen (secondary N) is 2. The van der Waals surface area contributed by atoms with Crippen molar-refractivity contribution in [3.8, 4) is 34.4 Å². The second-order valence-electron chi connectivity index (χ2n) is 11.4. The molecule has 6 aromatic rings. The number of hydrogen-bond donors (Lipinski definition) is 2. The predicted molar refractivity (Wildman–Crippen MR) is 210 cm³/mol. The van der Waals surface area contributed by atoms with Crippen LogP contribution in [0.15, 0.2) is 133 Å². The van der Waals surface area contributed by atoms with Gasteiger partial charge in [0.15, 0.2) is 5.82 Å². The Hall–Kier alpha value is -5.62. The molecule has 0 saturated heterocycles. The summed E-state index contributed by atoms with van der Waals surface area (Å²) >= 11 is 0. The largest absolute Gasteiger partial charge is 0.457 e. The van der Waals surface area contributed by atoms with Gasteiger partial charge in [0, 0.05) is 44.0 Å². The average Bonchev–Trinajstić information content (AvgIpc) is 3.15. The predicted octanol–water partition coefficient (Wildman–Crippen LogP) is 12.7. The minimum atomic E-state index is -0.196. The van der Waals surface area contributed by atoms with Crippen LogP contribution in [-0.2, 0) is 5.41 Å². The van der Waals surface area contributed by atoms with Gasteiger partial charge in [-0.2, -0.15) is 0 Å². The van der Waals surface area contributed by atoms with Gasteiger partial charge in [0.2, 0.25) is 0 Å². The van der Waals surface area contributed by atoms with E-state index >= 15 is 0 Å². The van der Waals surface area contributed by atoms with Crippen molar-refractivity contribution in [2.45, 2.75) is 53.9 Å². The lowest BCUT2D eigenvalue weighted by Gasteiger charge is -2.26. The van der Waals surface area contributed by atoms with Crippen molar-refractivity contribution < 1.29 is 12.3 Å². The topological polar surface area (TPSA) is 68.3 Å². The van der Waals surface area contributed by atoms with Gasteiger partial charge in [-0.15, -0.1) is 0 Å². The molecule has 0 unspecified atom stereocenters. The number of benzene rings is 5. The van der Waals surface area contributed by atoms with Crippen molar-refractivity contribution in [3.05, 3.63) is 150 Å². The number of aromatic nitrogens is 2. The quantitative estimate of drug-likeness (QED) is 0.153. The summed E-state index contributed by atoms with van der Waals surface area (Å²) in [5.74, 6) is 4.59. The number of hydrogen-bond acceptors (Lipinski definition) is 6. The smallest absolute Gasteiger partial charge is 0.161 e. The van der Waals surface area contributed by atoms with E-state index in [1.54, 1.807) is 0 Å². The molecule has 1 aromatic heterocycles. The van der Waals surface area contributed by atoms with Crippen LogP contribution in [0.25, 0.3) is 11.4 Å². The summed E-state index contributed by atoms with van der Waals surface area (Å²) in [6, 6.07) is 44.3. The maximum atomic E-state index is 6.17. The first-order valence-corrected chi connectivity index (χ1v) is 17.0. The average molecular weight is 657 g/mol. The molecule has 0 aliphatic rings. The molecule has 49 heavy (non-hydrogen) atoms. The van der Waals surface area contributed by atoms with Gasteiger partial charge in [-0.25, -0.2) is 9.97 Å². The molecule has 0 aliphatic heterocycles. The van der Waals surface area contributed by atoms with Gasteiger partial charge in [-0.1, -0.05) is 96.1 Å². The van der Waals surface area contributed by atoms with E-state index in [2.05, 4.69) is 53.7 Å². The van der Waals surface area contributed by atoms with Crippen LogP contribution in [0.3, 0.4) is 0 Å². The zero-order chi connectivity index (χ0) is 35.2. The van der Waals surface area contributed by atoms with Gasteiger partial charge in [-0.3, -0.25) is 0 Å². The molecule has 0 saturated carbocycles. The summed E-state index contributed by atoms with van der Waals surface area (Å²) in [6.07, 6.45) is 0. The third-order valence-electron chi connectivity index (χ3n) is 7.78. The lowest BCUT2D eigenvalue weighted by molar-refractivity contribution is 0.481. The van der Waals surface area contributed by atoms with Crippen LogP contribution in [-0.4, -0.2) is 17.0 Å². The van der Waals surface area contributed by atoms with E-state index < -0.39 is 0 Å². The van der Waals surface area contributed by atoms with Crippen LogP contribution in [0.5, 0.6) is 23.0 Å². The number of ether oxygens (including phenoxy) is 2. The highest BCUT2D eigenvalue weighted by Crippen LogP contribution is 2.35. The fraction of sp³-hybridized carbons (Fsp3) is 0.209. The van der Waals surface area contributed by atoms with Crippen LogP contribution in [0, 0.1) is 6.92 Å². The van der Waals surface area contributed by atoms with Crippen molar-refractivity contribution in [3.63, 3.8) is 0 Å². The first kappa shape index (κ1) is 36.2. The Morgan fingerprint density at radius 3 is 1.43 bits per heavy atom. The molecular weight excluding hydrogens is 604 g/mol. The Labute approximate surface area is 295 Å². The minimum absolute atomic E-state index is 0. The molecule has 0 aliphatic carbocycles. The van der Waals surface area contributed by atoms with Crippen LogP contribution in [0.4, 0.5) is 17.2 Å². The fourth-order valence-electron chi connectivity index (χ4n) is 5.11. The highest BCUT2D eigenvalue weighted by molar-refractivity contribution is 5.62. The molecule has 0 amide bonds. The molecule has 0 atom stereocenters. The fourth-order valence-corrected chi connectivity index (χ4v) is 5.11. The van der Waals surface area contributed by atoms with Crippen LogP contribution >= 0.6 is 0 Å². The van der Waals surface area contributed by atoms with E-state index in [4.69, 9.17) is 14.5 Å². The summed E-state index contributed by atoms with van der Waals surface area (Å²) in [5, 5.41) is 6.51. The Morgan fingerprint density at radius 1 is 0.551 bits per heavy atom.